The molecule has 0 unspecified atom stereocenters. The first kappa shape index (κ1) is 8.93. The lowest BCUT2D eigenvalue weighted by Gasteiger charge is -2.07. The van der Waals surface area contributed by atoms with Crippen molar-refractivity contribution >= 4 is 11.6 Å². The summed E-state index contributed by atoms with van der Waals surface area (Å²) in [5.41, 5.74) is -0.166. The predicted octanol–water partition coefficient (Wildman–Crippen LogP) is 1.34. The SMILES string of the molecule is Fc1cccc(F)c1NC1=NCCN1. The average molecular weight is 197 g/mol. The second-order valence-corrected chi connectivity index (χ2v) is 2.88. The van der Waals surface area contributed by atoms with E-state index >= 15 is 0 Å². The highest BCUT2D eigenvalue weighted by Crippen LogP contribution is 2.17. The van der Waals surface area contributed by atoms with Crippen LogP contribution in [-0.2, 0) is 0 Å². The predicted molar refractivity (Wildman–Crippen MR) is 50.3 cm³/mol. The summed E-state index contributed by atoms with van der Waals surface area (Å²) in [6.45, 7) is 1.32. The molecule has 74 valence electrons. The number of hydrogen-bond acceptors (Lipinski definition) is 3. The Labute approximate surface area is 79.8 Å². The van der Waals surface area contributed by atoms with Crippen molar-refractivity contribution in [2.24, 2.45) is 4.99 Å². The van der Waals surface area contributed by atoms with E-state index in [1.165, 1.54) is 18.2 Å². The molecular weight excluding hydrogens is 188 g/mol. The van der Waals surface area contributed by atoms with Gasteiger partial charge in [0.05, 0.1) is 6.54 Å². The molecule has 1 aliphatic heterocycles. The molecule has 1 aliphatic rings. The van der Waals surface area contributed by atoms with E-state index in [1.54, 1.807) is 0 Å². The summed E-state index contributed by atoms with van der Waals surface area (Å²) in [7, 11) is 0. The zero-order valence-electron chi connectivity index (χ0n) is 7.35. The zero-order chi connectivity index (χ0) is 9.97. The second-order valence-electron chi connectivity index (χ2n) is 2.88. The van der Waals surface area contributed by atoms with Gasteiger partial charge in [0.1, 0.15) is 17.3 Å². The van der Waals surface area contributed by atoms with Crippen molar-refractivity contribution in [2.75, 3.05) is 18.4 Å². The molecule has 0 aliphatic carbocycles. The Morgan fingerprint density at radius 3 is 2.57 bits per heavy atom. The Morgan fingerprint density at radius 2 is 2.00 bits per heavy atom. The van der Waals surface area contributed by atoms with E-state index in [-0.39, 0.29) is 5.69 Å². The van der Waals surface area contributed by atoms with Crippen LogP contribution in [0.25, 0.3) is 0 Å². The second kappa shape index (κ2) is 3.61. The lowest BCUT2D eigenvalue weighted by atomic mass is 10.3. The Bertz CT molecular complexity index is 356. The van der Waals surface area contributed by atoms with E-state index in [4.69, 9.17) is 0 Å². The number of hydrogen-bond donors (Lipinski definition) is 2. The van der Waals surface area contributed by atoms with Gasteiger partial charge < -0.3 is 10.6 Å². The molecule has 2 rings (SSSR count). The standard InChI is InChI=1S/C9H9F2N3/c10-6-2-1-3-7(11)8(6)14-9-12-4-5-13-9/h1-3H,4-5H2,(H2,12,13,14). The summed E-state index contributed by atoms with van der Waals surface area (Å²) >= 11 is 0. The Hall–Kier alpha value is -1.65. The molecule has 0 fully saturated rings. The van der Waals surface area contributed by atoms with Gasteiger partial charge in [-0.1, -0.05) is 6.07 Å². The Morgan fingerprint density at radius 1 is 1.29 bits per heavy atom. The van der Waals surface area contributed by atoms with E-state index in [0.717, 1.165) is 0 Å². The van der Waals surface area contributed by atoms with Crippen LogP contribution in [0.2, 0.25) is 0 Å². The van der Waals surface area contributed by atoms with Crippen LogP contribution in [-0.4, -0.2) is 19.0 Å². The number of nitrogens with one attached hydrogen (secondary N) is 2. The van der Waals surface area contributed by atoms with Gasteiger partial charge in [-0.05, 0) is 12.1 Å². The summed E-state index contributed by atoms with van der Waals surface area (Å²) in [4.78, 5) is 3.97. The fourth-order valence-electron chi connectivity index (χ4n) is 1.22. The molecule has 0 atom stereocenters. The number of aliphatic imine (C=N–C) groups is 1. The van der Waals surface area contributed by atoms with Crippen LogP contribution in [0.4, 0.5) is 14.5 Å². The molecule has 0 aromatic heterocycles. The molecule has 2 N–H and O–H groups in total. The molecule has 5 heteroatoms. The lowest BCUT2D eigenvalue weighted by molar-refractivity contribution is 0.591. The highest BCUT2D eigenvalue weighted by molar-refractivity contribution is 5.94. The van der Waals surface area contributed by atoms with Crippen molar-refractivity contribution in [2.45, 2.75) is 0 Å². The van der Waals surface area contributed by atoms with Crippen LogP contribution in [0.15, 0.2) is 23.2 Å². The topological polar surface area (TPSA) is 36.4 Å². The summed E-state index contributed by atoms with van der Waals surface area (Å²) in [6.07, 6.45) is 0. The Balaban J connectivity index is 2.23. The van der Waals surface area contributed by atoms with Crippen LogP contribution in [0, 0.1) is 11.6 Å². The maximum absolute atomic E-state index is 13.1. The summed E-state index contributed by atoms with van der Waals surface area (Å²) in [5, 5.41) is 5.43. The van der Waals surface area contributed by atoms with Crippen molar-refractivity contribution in [1.82, 2.24) is 5.32 Å². The molecule has 1 aromatic carbocycles. The molecule has 0 amide bonds. The third-order valence-corrected chi connectivity index (χ3v) is 1.88. The first-order valence-electron chi connectivity index (χ1n) is 4.27. The molecular formula is C9H9F2N3. The summed E-state index contributed by atoms with van der Waals surface area (Å²) in [5.74, 6) is -0.836. The number of rotatable bonds is 1. The molecule has 1 aromatic rings. The van der Waals surface area contributed by atoms with Gasteiger partial charge >= 0.3 is 0 Å². The molecule has 0 bridgehead atoms. The van der Waals surface area contributed by atoms with Crippen molar-refractivity contribution < 1.29 is 8.78 Å². The highest BCUT2D eigenvalue weighted by atomic mass is 19.1. The first-order valence-corrected chi connectivity index (χ1v) is 4.27. The van der Waals surface area contributed by atoms with E-state index in [2.05, 4.69) is 15.6 Å². The molecule has 1 heterocycles. The third kappa shape index (κ3) is 1.66. The van der Waals surface area contributed by atoms with E-state index in [1.807, 2.05) is 0 Å². The summed E-state index contributed by atoms with van der Waals surface area (Å²) < 4.78 is 26.2. The van der Waals surface area contributed by atoms with Gasteiger partial charge in [-0.15, -0.1) is 0 Å². The largest absolute Gasteiger partial charge is 0.354 e. The van der Waals surface area contributed by atoms with Crippen molar-refractivity contribution in [3.63, 3.8) is 0 Å². The minimum absolute atomic E-state index is 0.166. The van der Waals surface area contributed by atoms with Gasteiger partial charge in [0.15, 0.2) is 5.96 Å². The molecule has 0 radical (unpaired) electrons. The number of anilines is 1. The van der Waals surface area contributed by atoms with Crippen LogP contribution < -0.4 is 10.6 Å². The number of para-hydroxylation sites is 1. The zero-order valence-corrected chi connectivity index (χ0v) is 7.35. The van der Waals surface area contributed by atoms with Gasteiger partial charge in [-0.3, -0.25) is 4.99 Å². The van der Waals surface area contributed by atoms with Crippen molar-refractivity contribution in [3.05, 3.63) is 29.8 Å². The van der Waals surface area contributed by atoms with Crippen LogP contribution in [0.3, 0.4) is 0 Å². The Kier molecular flexibility index (Phi) is 2.30. The van der Waals surface area contributed by atoms with E-state index < -0.39 is 11.6 Å². The maximum Gasteiger partial charge on any atom is 0.196 e. The molecule has 0 spiro atoms. The number of benzene rings is 1. The molecule has 0 saturated carbocycles. The van der Waals surface area contributed by atoms with Crippen molar-refractivity contribution in [1.29, 1.82) is 0 Å². The van der Waals surface area contributed by atoms with E-state index in [9.17, 15) is 8.78 Å². The van der Waals surface area contributed by atoms with Crippen molar-refractivity contribution in [3.8, 4) is 0 Å². The fraction of sp³-hybridized carbons (Fsp3) is 0.222. The minimum atomic E-state index is -0.624. The van der Waals surface area contributed by atoms with Crippen LogP contribution in [0.5, 0.6) is 0 Å². The number of halogens is 2. The maximum atomic E-state index is 13.1. The molecule has 0 saturated heterocycles. The summed E-state index contributed by atoms with van der Waals surface area (Å²) in [6, 6.07) is 3.71. The quantitative estimate of drug-likeness (QED) is 0.712. The number of guanidine groups is 1. The van der Waals surface area contributed by atoms with E-state index in [0.29, 0.717) is 19.0 Å². The third-order valence-electron chi connectivity index (χ3n) is 1.88. The smallest absolute Gasteiger partial charge is 0.196 e. The average Bonchev–Trinajstić information content (AvgIpc) is 2.64. The van der Waals surface area contributed by atoms with Crippen LogP contribution in [0.1, 0.15) is 0 Å². The molecule has 14 heavy (non-hydrogen) atoms. The fourth-order valence-corrected chi connectivity index (χ4v) is 1.22. The van der Waals surface area contributed by atoms with Crippen LogP contribution >= 0.6 is 0 Å². The first-order chi connectivity index (χ1) is 6.77. The van der Waals surface area contributed by atoms with Gasteiger partial charge in [0.2, 0.25) is 0 Å². The van der Waals surface area contributed by atoms with Gasteiger partial charge in [0.25, 0.3) is 0 Å². The van der Waals surface area contributed by atoms with Gasteiger partial charge in [0, 0.05) is 6.54 Å². The van der Waals surface area contributed by atoms with Gasteiger partial charge in [-0.2, -0.15) is 0 Å². The van der Waals surface area contributed by atoms with Gasteiger partial charge in [-0.25, -0.2) is 8.78 Å². The number of nitrogens with zero attached hydrogens (tertiary/aromatic N) is 1. The minimum Gasteiger partial charge on any atom is -0.354 e. The monoisotopic (exact) mass is 197 g/mol. The molecule has 3 nitrogen and oxygen atoms in total. The normalized spacial score (nSPS) is 14.9. The lowest BCUT2D eigenvalue weighted by Crippen LogP contribution is -2.27. The highest BCUT2D eigenvalue weighted by Gasteiger charge is 2.11.